The fraction of sp³-hybridized carbons (Fsp3) is 0.273. The Bertz CT molecular complexity index is 347. The average molecular weight is 187 g/mol. The van der Waals surface area contributed by atoms with Gasteiger partial charge in [0, 0.05) is 19.3 Å². The summed E-state index contributed by atoms with van der Waals surface area (Å²) in [6.07, 6.45) is 4.25. The molecule has 1 aromatic carbocycles. The third-order valence-corrected chi connectivity index (χ3v) is 2.75. The van der Waals surface area contributed by atoms with Gasteiger partial charge in [-0.3, -0.25) is 0 Å². The van der Waals surface area contributed by atoms with Gasteiger partial charge in [0.05, 0.1) is 6.04 Å². The van der Waals surface area contributed by atoms with Gasteiger partial charge >= 0.3 is 0 Å². The largest absolute Gasteiger partial charge is 0.246 e. The lowest BCUT2D eigenvalue weighted by Gasteiger charge is -2.17. The quantitative estimate of drug-likeness (QED) is 0.714. The van der Waals surface area contributed by atoms with Gasteiger partial charge in [0.15, 0.2) is 0 Å². The van der Waals surface area contributed by atoms with Gasteiger partial charge in [-0.2, -0.15) is 0 Å². The molecule has 3 nitrogen and oxygen atoms in total. The van der Waals surface area contributed by atoms with Crippen LogP contribution in [-0.2, 0) is 0 Å². The Morgan fingerprint density at radius 1 is 1.21 bits per heavy atom. The number of nitrogens with zero attached hydrogens (tertiary/aromatic N) is 2. The second-order valence-electron chi connectivity index (χ2n) is 3.69. The highest BCUT2D eigenvalue weighted by Gasteiger charge is 2.29. The van der Waals surface area contributed by atoms with Gasteiger partial charge in [0.2, 0.25) is 0 Å². The standard InChI is InChI=1S/C11H13N3/c1-2-5-10(6-3-1)11-9-13-7-4-8-14(13)12-11/h1-6,8,11-12H,7,9H2. The van der Waals surface area contributed by atoms with Crippen molar-refractivity contribution < 1.29 is 0 Å². The zero-order valence-corrected chi connectivity index (χ0v) is 7.93. The lowest BCUT2D eigenvalue weighted by atomic mass is 10.1. The van der Waals surface area contributed by atoms with Crippen molar-refractivity contribution in [1.29, 1.82) is 0 Å². The molecule has 0 aliphatic carbocycles. The summed E-state index contributed by atoms with van der Waals surface area (Å²) >= 11 is 0. The van der Waals surface area contributed by atoms with Gasteiger partial charge in [-0.05, 0) is 11.6 Å². The molecule has 0 bridgehead atoms. The number of nitrogens with one attached hydrogen (secondary N) is 1. The van der Waals surface area contributed by atoms with Crippen LogP contribution in [0.1, 0.15) is 11.6 Å². The van der Waals surface area contributed by atoms with Crippen molar-refractivity contribution in [3.63, 3.8) is 0 Å². The van der Waals surface area contributed by atoms with Gasteiger partial charge in [-0.15, -0.1) is 0 Å². The SMILES string of the molecule is C1=CN2NC(c3ccccc3)CN2C1. The van der Waals surface area contributed by atoms with E-state index >= 15 is 0 Å². The molecule has 1 N–H and O–H groups in total. The van der Waals surface area contributed by atoms with E-state index in [-0.39, 0.29) is 0 Å². The van der Waals surface area contributed by atoms with E-state index in [0.29, 0.717) is 6.04 Å². The fourth-order valence-corrected chi connectivity index (χ4v) is 2.01. The number of hydrazine groups is 2. The Morgan fingerprint density at radius 3 is 2.86 bits per heavy atom. The molecule has 1 fully saturated rings. The van der Waals surface area contributed by atoms with Gasteiger partial charge < -0.3 is 0 Å². The first kappa shape index (κ1) is 8.03. The maximum absolute atomic E-state index is 3.44. The lowest BCUT2D eigenvalue weighted by molar-refractivity contribution is 0.0741. The van der Waals surface area contributed by atoms with Crippen LogP contribution in [0.3, 0.4) is 0 Å². The summed E-state index contributed by atoms with van der Waals surface area (Å²) in [6, 6.07) is 11.0. The maximum atomic E-state index is 3.44. The van der Waals surface area contributed by atoms with Crippen LogP contribution in [0.15, 0.2) is 42.6 Å². The molecule has 1 unspecified atom stereocenters. The van der Waals surface area contributed by atoms with Gasteiger partial charge in [-0.1, -0.05) is 30.3 Å². The van der Waals surface area contributed by atoms with Crippen molar-refractivity contribution in [2.45, 2.75) is 6.04 Å². The molecule has 1 aromatic rings. The second-order valence-corrected chi connectivity index (χ2v) is 3.69. The monoisotopic (exact) mass is 187 g/mol. The van der Waals surface area contributed by atoms with Crippen LogP contribution in [0, 0.1) is 0 Å². The number of benzene rings is 1. The predicted octanol–water partition coefficient (Wildman–Crippen LogP) is 1.29. The summed E-state index contributed by atoms with van der Waals surface area (Å²) in [5, 5.41) is 4.37. The zero-order chi connectivity index (χ0) is 9.38. The summed E-state index contributed by atoms with van der Waals surface area (Å²) < 4.78 is 0. The summed E-state index contributed by atoms with van der Waals surface area (Å²) in [6.45, 7) is 2.08. The summed E-state index contributed by atoms with van der Waals surface area (Å²) in [4.78, 5) is 0. The van der Waals surface area contributed by atoms with E-state index in [1.54, 1.807) is 0 Å². The highest BCUT2D eigenvalue weighted by atomic mass is 15.8. The van der Waals surface area contributed by atoms with Crippen molar-refractivity contribution in [2.75, 3.05) is 13.1 Å². The van der Waals surface area contributed by atoms with E-state index in [9.17, 15) is 0 Å². The van der Waals surface area contributed by atoms with E-state index in [4.69, 9.17) is 0 Å². The van der Waals surface area contributed by atoms with Crippen LogP contribution in [0.5, 0.6) is 0 Å². The molecule has 2 aliphatic heterocycles. The van der Waals surface area contributed by atoms with Crippen molar-refractivity contribution in [1.82, 2.24) is 15.6 Å². The number of rotatable bonds is 1. The van der Waals surface area contributed by atoms with Crippen molar-refractivity contribution in [2.24, 2.45) is 0 Å². The van der Waals surface area contributed by atoms with Crippen LogP contribution < -0.4 is 5.43 Å². The minimum atomic E-state index is 0.432. The Kier molecular flexibility index (Phi) is 1.79. The van der Waals surface area contributed by atoms with Crippen LogP contribution in [0.2, 0.25) is 0 Å². The molecule has 3 rings (SSSR count). The second kappa shape index (κ2) is 3.12. The van der Waals surface area contributed by atoms with E-state index in [2.05, 4.69) is 58.2 Å². The molecule has 0 saturated carbocycles. The fourth-order valence-electron chi connectivity index (χ4n) is 2.01. The molecule has 0 amide bonds. The Labute approximate surface area is 83.6 Å². The number of hydrogen-bond donors (Lipinski definition) is 1. The molecule has 2 aliphatic rings. The van der Waals surface area contributed by atoms with Gasteiger partial charge in [0.1, 0.15) is 0 Å². The third kappa shape index (κ3) is 1.22. The first-order chi connectivity index (χ1) is 6.93. The Morgan fingerprint density at radius 2 is 2.07 bits per heavy atom. The summed E-state index contributed by atoms with van der Waals surface area (Å²) in [7, 11) is 0. The molecular formula is C11H13N3. The van der Waals surface area contributed by atoms with Crippen LogP contribution in [-0.4, -0.2) is 23.2 Å². The predicted molar refractivity (Wildman–Crippen MR) is 54.9 cm³/mol. The molecule has 0 spiro atoms. The van der Waals surface area contributed by atoms with E-state index in [1.165, 1.54) is 5.56 Å². The summed E-state index contributed by atoms with van der Waals surface area (Å²) in [5.74, 6) is 0. The van der Waals surface area contributed by atoms with Crippen molar-refractivity contribution >= 4 is 0 Å². The maximum Gasteiger partial charge on any atom is 0.0673 e. The molecule has 1 saturated heterocycles. The van der Waals surface area contributed by atoms with Gasteiger partial charge in [0.25, 0.3) is 0 Å². The molecule has 14 heavy (non-hydrogen) atoms. The van der Waals surface area contributed by atoms with Crippen LogP contribution in [0.4, 0.5) is 0 Å². The molecule has 0 radical (unpaired) electrons. The molecular weight excluding hydrogens is 174 g/mol. The minimum Gasteiger partial charge on any atom is -0.246 e. The van der Waals surface area contributed by atoms with Crippen molar-refractivity contribution in [3.8, 4) is 0 Å². The first-order valence-electron chi connectivity index (χ1n) is 4.95. The first-order valence-corrected chi connectivity index (χ1v) is 4.95. The normalized spacial score (nSPS) is 25.7. The average Bonchev–Trinajstić information content (AvgIpc) is 2.78. The highest BCUT2D eigenvalue weighted by Crippen LogP contribution is 2.23. The lowest BCUT2D eigenvalue weighted by Crippen LogP contribution is -2.33. The summed E-state index contributed by atoms with van der Waals surface area (Å²) in [5.41, 5.74) is 4.80. The molecule has 1 atom stereocenters. The van der Waals surface area contributed by atoms with E-state index in [0.717, 1.165) is 13.1 Å². The van der Waals surface area contributed by atoms with E-state index in [1.807, 2.05) is 0 Å². The Hall–Kier alpha value is -1.32. The zero-order valence-electron chi connectivity index (χ0n) is 7.93. The van der Waals surface area contributed by atoms with Gasteiger partial charge in [-0.25, -0.2) is 15.6 Å². The topological polar surface area (TPSA) is 18.5 Å². The number of hydrogen-bond acceptors (Lipinski definition) is 3. The smallest absolute Gasteiger partial charge is 0.0673 e. The minimum absolute atomic E-state index is 0.432. The number of fused-ring (bicyclic) bond motifs is 1. The molecule has 72 valence electrons. The Balaban J connectivity index is 1.80. The van der Waals surface area contributed by atoms with Crippen molar-refractivity contribution in [3.05, 3.63) is 48.2 Å². The third-order valence-electron chi connectivity index (χ3n) is 2.75. The van der Waals surface area contributed by atoms with Crippen LogP contribution in [0.25, 0.3) is 0 Å². The molecule has 3 heteroatoms. The molecule has 0 aromatic heterocycles. The van der Waals surface area contributed by atoms with E-state index < -0.39 is 0 Å². The van der Waals surface area contributed by atoms with Crippen LogP contribution >= 0.6 is 0 Å². The highest BCUT2D eigenvalue weighted by molar-refractivity contribution is 5.20. The molecule has 2 heterocycles.